The maximum atomic E-state index is 12.0. The van der Waals surface area contributed by atoms with Crippen LogP contribution in [0.4, 0.5) is 4.79 Å². The molecule has 5 heteroatoms. The fourth-order valence-corrected chi connectivity index (χ4v) is 2.96. The van der Waals surface area contributed by atoms with Gasteiger partial charge in [0.1, 0.15) is 0 Å². The molecule has 1 saturated carbocycles. The number of amides is 2. The van der Waals surface area contributed by atoms with Crippen molar-refractivity contribution in [2.45, 2.75) is 70.8 Å². The minimum atomic E-state index is -0.841. The smallest absolute Gasteiger partial charge is 0.315 e. The molecule has 0 unspecified atom stereocenters. The lowest BCUT2D eigenvalue weighted by molar-refractivity contribution is -0.139. The van der Waals surface area contributed by atoms with Gasteiger partial charge < -0.3 is 15.7 Å². The Balaban J connectivity index is 2.51. The molecule has 0 aromatic carbocycles. The first kappa shape index (κ1) is 16.8. The number of carboxylic acids is 1. The van der Waals surface area contributed by atoms with E-state index in [2.05, 4.69) is 24.5 Å². The summed E-state index contributed by atoms with van der Waals surface area (Å²) in [5.41, 5.74) is -0.553. The van der Waals surface area contributed by atoms with E-state index in [4.69, 9.17) is 5.11 Å². The zero-order chi connectivity index (χ0) is 15.0. The zero-order valence-electron chi connectivity index (χ0n) is 12.7. The van der Waals surface area contributed by atoms with E-state index >= 15 is 0 Å². The lowest BCUT2D eigenvalue weighted by Crippen LogP contribution is -2.54. The lowest BCUT2D eigenvalue weighted by Gasteiger charge is -2.37. The van der Waals surface area contributed by atoms with Gasteiger partial charge in [-0.2, -0.15) is 0 Å². The van der Waals surface area contributed by atoms with E-state index in [1.165, 1.54) is 0 Å². The van der Waals surface area contributed by atoms with E-state index in [0.29, 0.717) is 12.5 Å². The third-order valence-electron chi connectivity index (χ3n) is 4.38. The van der Waals surface area contributed by atoms with E-state index in [-0.39, 0.29) is 12.5 Å². The number of carboxylic acid groups (broad SMARTS) is 1. The minimum Gasteiger partial charge on any atom is -0.481 e. The van der Waals surface area contributed by atoms with Gasteiger partial charge in [0.15, 0.2) is 0 Å². The molecular formula is C15H28N2O3. The van der Waals surface area contributed by atoms with Gasteiger partial charge in [0.05, 0.1) is 12.0 Å². The van der Waals surface area contributed by atoms with E-state index in [1.54, 1.807) is 0 Å². The molecule has 1 rings (SSSR count). The summed E-state index contributed by atoms with van der Waals surface area (Å²) >= 11 is 0. The molecule has 1 aliphatic carbocycles. The number of carbonyl (C=O) groups is 2. The molecule has 0 aliphatic heterocycles. The normalized spacial score (nSPS) is 17.8. The molecule has 3 N–H and O–H groups in total. The Labute approximate surface area is 121 Å². The van der Waals surface area contributed by atoms with Crippen LogP contribution >= 0.6 is 0 Å². The quantitative estimate of drug-likeness (QED) is 0.672. The Kier molecular flexibility index (Phi) is 6.82. The Hall–Kier alpha value is -1.26. The van der Waals surface area contributed by atoms with Gasteiger partial charge >= 0.3 is 12.0 Å². The fraction of sp³-hybridized carbons (Fsp3) is 0.867. The predicted molar refractivity (Wildman–Crippen MR) is 78.7 cm³/mol. The molecule has 0 bridgehead atoms. The molecule has 0 spiro atoms. The van der Waals surface area contributed by atoms with Crippen molar-refractivity contribution in [1.29, 1.82) is 0 Å². The highest BCUT2D eigenvalue weighted by Crippen LogP contribution is 2.31. The maximum absolute atomic E-state index is 12.0. The van der Waals surface area contributed by atoms with Gasteiger partial charge in [-0.25, -0.2) is 4.79 Å². The van der Waals surface area contributed by atoms with Gasteiger partial charge in [-0.1, -0.05) is 46.0 Å². The number of rotatable bonds is 7. The van der Waals surface area contributed by atoms with E-state index in [1.807, 2.05) is 0 Å². The van der Waals surface area contributed by atoms with Crippen LogP contribution in [0.2, 0.25) is 0 Å². The molecule has 1 fully saturated rings. The van der Waals surface area contributed by atoms with Crippen molar-refractivity contribution in [3.63, 3.8) is 0 Å². The molecule has 0 aromatic rings. The topological polar surface area (TPSA) is 78.4 Å². The van der Waals surface area contributed by atoms with E-state index in [9.17, 15) is 9.59 Å². The van der Waals surface area contributed by atoms with E-state index in [0.717, 1.165) is 44.9 Å². The average Bonchev–Trinajstić information content (AvgIpc) is 2.39. The van der Waals surface area contributed by atoms with E-state index < -0.39 is 11.5 Å². The van der Waals surface area contributed by atoms with Crippen LogP contribution in [0.1, 0.15) is 65.2 Å². The summed E-state index contributed by atoms with van der Waals surface area (Å²) in [7, 11) is 0. The summed E-state index contributed by atoms with van der Waals surface area (Å²) in [5, 5.41) is 14.9. The van der Waals surface area contributed by atoms with Crippen LogP contribution in [-0.2, 0) is 4.79 Å². The SMILES string of the molecule is CCC(CC)CNC(=O)NC1(CC(=O)O)CCCCC1. The van der Waals surface area contributed by atoms with Gasteiger partial charge in [0.25, 0.3) is 0 Å². The molecule has 116 valence electrons. The maximum Gasteiger partial charge on any atom is 0.315 e. The highest BCUT2D eigenvalue weighted by Gasteiger charge is 2.35. The average molecular weight is 284 g/mol. The molecule has 5 nitrogen and oxygen atoms in total. The second-order valence-corrected chi connectivity index (χ2v) is 5.93. The molecule has 1 aliphatic rings. The van der Waals surface area contributed by atoms with Crippen LogP contribution in [0.5, 0.6) is 0 Å². The largest absolute Gasteiger partial charge is 0.481 e. The van der Waals surface area contributed by atoms with Crippen LogP contribution in [-0.4, -0.2) is 29.2 Å². The van der Waals surface area contributed by atoms with Gasteiger partial charge in [0.2, 0.25) is 0 Å². The van der Waals surface area contributed by atoms with Crippen molar-refractivity contribution in [3.05, 3.63) is 0 Å². The molecule has 0 aromatic heterocycles. The molecule has 0 saturated heterocycles. The van der Waals surface area contributed by atoms with Crippen molar-refractivity contribution < 1.29 is 14.7 Å². The van der Waals surface area contributed by atoms with Gasteiger partial charge in [-0.15, -0.1) is 0 Å². The summed E-state index contributed by atoms with van der Waals surface area (Å²) in [6, 6.07) is -0.222. The van der Waals surface area contributed by atoms with Crippen LogP contribution in [0.25, 0.3) is 0 Å². The standard InChI is InChI=1S/C15H28N2O3/c1-3-12(4-2)11-16-14(20)17-15(10-13(18)19)8-6-5-7-9-15/h12H,3-11H2,1-2H3,(H,18,19)(H2,16,17,20). The van der Waals surface area contributed by atoms with Crippen molar-refractivity contribution in [3.8, 4) is 0 Å². The Morgan fingerprint density at radius 3 is 2.25 bits per heavy atom. The molecule has 0 atom stereocenters. The second-order valence-electron chi connectivity index (χ2n) is 5.93. The summed E-state index contributed by atoms with van der Waals surface area (Å²) in [4.78, 5) is 23.1. The Morgan fingerprint density at radius 2 is 1.75 bits per heavy atom. The summed E-state index contributed by atoms with van der Waals surface area (Å²) in [5.74, 6) is -0.352. The third-order valence-corrected chi connectivity index (χ3v) is 4.38. The summed E-state index contributed by atoms with van der Waals surface area (Å²) in [6.07, 6.45) is 6.72. The van der Waals surface area contributed by atoms with Gasteiger partial charge in [-0.05, 0) is 18.8 Å². The molecule has 0 heterocycles. The number of nitrogens with one attached hydrogen (secondary N) is 2. The Morgan fingerprint density at radius 1 is 1.15 bits per heavy atom. The van der Waals surface area contributed by atoms with Crippen molar-refractivity contribution in [1.82, 2.24) is 10.6 Å². The van der Waals surface area contributed by atoms with Crippen LogP contribution in [0.15, 0.2) is 0 Å². The highest BCUT2D eigenvalue weighted by atomic mass is 16.4. The number of aliphatic carboxylic acids is 1. The van der Waals surface area contributed by atoms with Gasteiger partial charge in [-0.3, -0.25) is 4.79 Å². The number of hydrogen-bond acceptors (Lipinski definition) is 2. The van der Waals surface area contributed by atoms with Crippen molar-refractivity contribution in [2.75, 3.05) is 6.54 Å². The lowest BCUT2D eigenvalue weighted by atomic mass is 9.79. The molecule has 0 radical (unpaired) electrons. The fourth-order valence-electron chi connectivity index (χ4n) is 2.96. The molecule has 2 amide bonds. The monoisotopic (exact) mass is 284 g/mol. The van der Waals surface area contributed by atoms with Crippen LogP contribution < -0.4 is 10.6 Å². The predicted octanol–water partition coefficient (Wildman–Crippen LogP) is 2.90. The third kappa shape index (κ3) is 5.39. The first-order valence-electron chi connectivity index (χ1n) is 7.79. The molecule has 20 heavy (non-hydrogen) atoms. The van der Waals surface area contributed by atoms with Crippen molar-refractivity contribution in [2.24, 2.45) is 5.92 Å². The summed E-state index contributed by atoms with van der Waals surface area (Å²) < 4.78 is 0. The number of urea groups is 1. The second kappa shape index (κ2) is 8.12. The molecular weight excluding hydrogens is 256 g/mol. The zero-order valence-corrected chi connectivity index (χ0v) is 12.7. The minimum absolute atomic E-state index is 0.0193. The first-order chi connectivity index (χ1) is 9.51. The number of carbonyl (C=O) groups excluding carboxylic acids is 1. The van der Waals surface area contributed by atoms with Crippen molar-refractivity contribution >= 4 is 12.0 Å². The Bertz CT molecular complexity index is 321. The summed E-state index contributed by atoms with van der Waals surface area (Å²) in [6.45, 7) is 4.88. The number of hydrogen-bond donors (Lipinski definition) is 3. The first-order valence-corrected chi connectivity index (χ1v) is 7.79. The van der Waals surface area contributed by atoms with Crippen LogP contribution in [0, 0.1) is 5.92 Å². The van der Waals surface area contributed by atoms with Gasteiger partial charge in [0, 0.05) is 6.54 Å². The highest BCUT2D eigenvalue weighted by molar-refractivity contribution is 5.76. The van der Waals surface area contributed by atoms with Crippen LogP contribution in [0.3, 0.4) is 0 Å².